The fourth-order valence-electron chi connectivity index (χ4n) is 7.66. The van der Waals surface area contributed by atoms with Crippen molar-refractivity contribution in [3.63, 3.8) is 0 Å². The summed E-state index contributed by atoms with van der Waals surface area (Å²) in [4.78, 5) is 40.2. The van der Waals surface area contributed by atoms with Gasteiger partial charge in [0.05, 0.1) is 30.3 Å². The van der Waals surface area contributed by atoms with Crippen LogP contribution in [0.15, 0.2) is 48.5 Å². The van der Waals surface area contributed by atoms with Crippen LogP contribution in [0.3, 0.4) is 0 Å². The molecule has 2 bridgehead atoms. The number of carbonyl (C=O) groups excluding carboxylic acids is 3. The van der Waals surface area contributed by atoms with Gasteiger partial charge < -0.3 is 15.4 Å². The number of fused-ring (bicyclic) bond motifs is 3. The number of hydrogen-bond donors (Lipinski definition) is 3. The lowest BCUT2D eigenvalue weighted by Gasteiger charge is -2.42. The standard InChI is InChI=1S/C34H45N5O4S/c1-21-7-11-23(12-8-21)26-19-25-15-16-28(38(25)2)31(26)33(41)43-18-17-22-9-13-24(14-10-22)39(35)30(40)6-4-3-5-29-32-27(20-44-29)36-34(42)37-32/h7-14,25-29,31-32H,3-6,15-20,35H2,1-2H3,(H2,36,37,42). The molecule has 4 aliphatic rings. The molecule has 0 aromatic heterocycles. The Hall–Kier alpha value is -3.08. The summed E-state index contributed by atoms with van der Waals surface area (Å²) in [7, 11) is 2.15. The van der Waals surface area contributed by atoms with Gasteiger partial charge in [-0.25, -0.2) is 15.6 Å². The molecule has 4 fully saturated rings. The van der Waals surface area contributed by atoms with Gasteiger partial charge in [0.1, 0.15) is 0 Å². The van der Waals surface area contributed by atoms with Crippen molar-refractivity contribution in [3.8, 4) is 0 Å². The zero-order chi connectivity index (χ0) is 30.8. The molecule has 7 unspecified atom stereocenters. The zero-order valence-corrected chi connectivity index (χ0v) is 26.6. The molecule has 4 saturated heterocycles. The number of unbranched alkanes of at least 4 members (excludes halogenated alkanes) is 1. The fraction of sp³-hybridized carbons (Fsp3) is 0.559. The minimum absolute atomic E-state index is 0.0719. The number of nitrogens with one attached hydrogen (secondary N) is 2. The second-order valence-corrected chi connectivity index (χ2v) is 14.2. The highest BCUT2D eigenvalue weighted by Crippen LogP contribution is 2.46. The third-order valence-electron chi connectivity index (χ3n) is 10.2. The van der Waals surface area contributed by atoms with Crippen LogP contribution < -0.4 is 21.5 Å². The van der Waals surface area contributed by atoms with Gasteiger partial charge in [0.2, 0.25) is 5.91 Å². The normalized spacial score (nSPS) is 29.2. The summed E-state index contributed by atoms with van der Waals surface area (Å²) in [5.74, 6) is 6.91. The highest BCUT2D eigenvalue weighted by molar-refractivity contribution is 8.00. The average molecular weight is 620 g/mol. The van der Waals surface area contributed by atoms with Crippen molar-refractivity contribution in [1.29, 1.82) is 0 Å². The van der Waals surface area contributed by atoms with Gasteiger partial charge in [-0.3, -0.25) is 14.5 Å². The number of hydrogen-bond acceptors (Lipinski definition) is 7. The molecule has 2 aromatic carbocycles. The number of aryl methyl sites for hydroxylation is 1. The van der Waals surface area contributed by atoms with Crippen LogP contribution in [0, 0.1) is 12.8 Å². The van der Waals surface area contributed by atoms with Gasteiger partial charge in [-0.15, -0.1) is 0 Å². The third kappa shape index (κ3) is 6.62. The van der Waals surface area contributed by atoms with E-state index >= 15 is 0 Å². The summed E-state index contributed by atoms with van der Waals surface area (Å²) in [5.41, 5.74) is 4.14. The molecule has 9 nitrogen and oxygen atoms in total. The maximum atomic E-state index is 13.5. The monoisotopic (exact) mass is 619 g/mol. The highest BCUT2D eigenvalue weighted by atomic mass is 32.2. The molecular weight excluding hydrogens is 574 g/mol. The van der Waals surface area contributed by atoms with Gasteiger partial charge in [0.25, 0.3) is 0 Å². The van der Waals surface area contributed by atoms with E-state index in [9.17, 15) is 14.4 Å². The van der Waals surface area contributed by atoms with Crippen molar-refractivity contribution in [2.24, 2.45) is 11.8 Å². The topological polar surface area (TPSA) is 117 Å². The van der Waals surface area contributed by atoms with Gasteiger partial charge in [-0.05, 0) is 69.3 Å². The van der Waals surface area contributed by atoms with E-state index in [1.165, 1.54) is 16.1 Å². The Morgan fingerprint density at radius 2 is 1.84 bits per heavy atom. The number of carbonyl (C=O) groups is 3. The molecular formula is C34H45N5O4S. The lowest BCUT2D eigenvalue weighted by Crippen LogP contribution is -2.49. The predicted octanol–water partition coefficient (Wildman–Crippen LogP) is 4.28. The number of piperidine rings is 1. The number of benzene rings is 2. The summed E-state index contributed by atoms with van der Waals surface area (Å²) in [6.45, 7) is 2.41. The van der Waals surface area contributed by atoms with E-state index in [4.69, 9.17) is 10.6 Å². The van der Waals surface area contributed by atoms with Crippen molar-refractivity contribution in [3.05, 3.63) is 65.2 Å². The molecule has 2 aromatic rings. The number of rotatable bonds is 11. The molecule has 44 heavy (non-hydrogen) atoms. The van der Waals surface area contributed by atoms with Gasteiger partial charge in [-0.2, -0.15) is 11.8 Å². The van der Waals surface area contributed by atoms with E-state index in [-0.39, 0.29) is 47.9 Å². The first-order valence-corrected chi connectivity index (χ1v) is 17.1. The van der Waals surface area contributed by atoms with Crippen molar-refractivity contribution in [1.82, 2.24) is 15.5 Å². The van der Waals surface area contributed by atoms with Crippen LogP contribution in [0.5, 0.6) is 0 Å². The largest absolute Gasteiger partial charge is 0.465 e. The number of anilines is 1. The van der Waals surface area contributed by atoms with Crippen molar-refractivity contribution in [2.45, 2.75) is 93.6 Å². The molecule has 3 amide bonds. The average Bonchev–Trinajstić information content (AvgIpc) is 3.64. The maximum absolute atomic E-state index is 13.5. The molecule has 0 spiro atoms. The first-order valence-electron chi connectivity index (χ1n) is 16.1. The molecule has 0 aliphatic carbocycles. The number of thioether (sulfide) groups is 1. The van der Waals surface area contributed by atoms with E-state index in [2.05, 4.69) is 53.8 Å². The molecule has 236 valence electrons. The summed E-state index contributed by atoms with van der Waals surface area (Å²) < 4.78 is 5.92. The Morgan fingerprint density at radius 1 is 1.07 bits per heavy atom. The quantitative estimate of drug-likeness (QED) is 0.0859. The molecule has 4 heterocycles. The smallest absolute Gasteiger partial charge is 0.315 e. The van der Waals surface area contributed by atoms with Crippen LogP contribution in [0.4, 0.5) is 10.5 Å². The highest BCUT2D eigenvalue weighted by Gasteiger charge is 2.49. The van der Waals surface area contributed by atoms with Gasteiger partial charge in [-0.1, -0.05) is 48.4 Å². The summed E-state index contributed by atoms with van der Waals surface area (Å²) in [6.07, 6.45) is 6.79. The van der Waals surface area contributed by atoms with E-state index in [0.29, 0.717) is 36.4 Å². The summed E-state index contributed by atoms with van der Waals surface area (Å²) in [6, 6.07) is 17.3. The number of nitrogens with two attached hydrogens (primary N) is 1. The molecule has 4 aliphatic heterocycles. The van der Waals surface area contributed by atoms with Crippen molar-refractivity contribution >= 4 is 35.4 Å². The van der Waals surface area contributed by atoms with Gasteiger partial charge in [0.15, 0.2) is 0 Å². The van der Waals surface area contributed by atoms with Crippen LogP contribution in [0.2, 0.25) is 0 Å². The van der Waals surface area contributed by atoms with Crippen LogP contribution in [0.1, 0.15) is 67.6 Å². The first kappa shape index (κ1) is 30.9. The van der Waals surface area contributed by atoms with Crippen LogP contribution in [-0.4, -0.2) is 71.6 Å². The molecule has 10 heteroatoms. The minimum atomic E-state index is -0.157. The summed E-state index contributed by atoms with van der Waals surface area (Å²) in [5, 5.41) is 7.60. The third-order valence-corrected chi connectivity index (χ3v) is 11.7. The van der Waals surface area contributed by atoms with Gasteiger partial charge >= 0.3 is 12.0 Å². The van der Waals surface area contributed by atoms with Crippen LogP contribution in [0.25, 0.3) is 0 Å². The second kappa shape index (κ2) is 13.5. The molecule has 6 rings (SSSR count). The Morgan fingerprint density at radius 3 is 2.61 bits per heavy atom. The van der Waals surface area contributed by atoms with E-state index < -0.39 is 0 Å². The van der Waals surface area contributed by atoms with E-state index in [1.54, 1.807) is 0 Å². The number of hydrazine groups is 1. The Balaban J connectivity index is 0.952. The Labute approximate surface area is 264 Å². The number of nitrogens with zero attached hydrogens (tertiary/aromatic N) is 2. The first-order chi connectivity index (χ1) is 21.3. The molecule has 7 atom stereocenters. The molecule has 0 saturated carbocycles. The maximum Gasteiger partial charge on any atom is 0.315 e. The number of ether oxygens (including phenoxy) is 1. The predicted molar refractivity (Wildman–Crippen MR) is 173 cm³/mol. The summed E-state index contributed by atoms with van der Waals surface area (Å²) >= 11 is 1.89. The lowest BCUT2D eigenvalue weighted by atomic mass is 9.76. The van der Waals surface area contributed by atoms with Crippen LogP contribution >= 0.6 is 11.8 Å². The zero-order valence-electron chi connectivity index (χ0n) is 25.7. The van der Waals surface area contributed by atoms with E-state index in [1.807, 2.05) is 36.0 Å². The fourth-order valence-corrected chi connectivity index (χ4v) is 9.21. The number of urea groups is 1. The van der Waals surface area contributed by atoms with Crippen molar-refractivity contribution in [2.75, 3.05) is 24.4 Å². The van der Waals surface area contributed by atoms with Crippen LogP contribution in [-0.2, 0) is 20.7 Å². The van der Waals surface area contributed by atoms with Crippen molar-refractivity contribution < 1.29 is 19.1 Å². The Bertz CT molecular complexity index is 1340. The molecule has 4 N–H and O–H groups in total. The minimum Gasteiger partial charge on any atom is -0.465 e. The molecule has 0 radical (unpaired) electrons. The van der Waals surface area contributed by atoms with Gasteiger partial charge in [0, 0.05) is 41.8 Å². The Kier molecular flexibility index (Phi) is 9.49. The van der Waals surface area contributed by atoms with E-state index in [0.717, 1.165) is 49.8 Å². The number of esters is 1. The second-order valence-electron chi connectivity index (χ2n) is 13.0. The lowest BCUT2D eigenvalue weighted by molar-refractivity contribution is -0.153. The SMILES string of the molecule is Cc1ccc(C2CC3CCC(C2C(=O)OCCc2ccc(N(N)C(=O)CCCCC4SCC5NC(=O)NC54)cc2)N3C)cc1. The number of amides is 3.